The molecule has 6 nitrogen and oxygen atoms in total. The summed E-state index contributed by atoms with van der Waals surface area (Å²) in [7, 11) is 1.61. The average Bonchev–Trinajstić information content (AvgIpc) is 2.49. The molecule has 1 atom stereocenters. The third kappa shape index (κ3) is 6.37. The standard InChI is InChI=1S/C15H22N2O4/c1-12(13-6-4-3-5-7-13)17(8-9-21-2)11-14(18)16-10-15(19)20/h3-7,12H,8-11H2,1-2H3,(H,16,18)(H,19,20). The number of ether oxygens (including phenoxy) is 1. The van der Waals surface area contributed by atoms with Gasteiger partial charge < -0.3 is 15.2 Å². The van der Waals surface area contributed by atoms with E-state index < -0.39 is 5.97 Å². The second-order valence-corrected chi connectivity index (χ2v) is 4.72. The van der Waals surface area contributed by atoms with Crippen LogP contribution >= 0.6 is 0 Å². The Hall–Kier alpha value is -1.92. The van der Waals surface area contributed by atoms with Crippen LogP contribution in [0.2, 0.25) is 0 Å². The molecule has 0 aliphatic carbocycles. The molecule has 1 amide bonds. The molecule has 6 heteroatoms. The molecule has 1 unspecified atom stereocenters. The highest BCUT2D eigenvalue weighted by Gasteiger charge is 2.18. The van der Waals surface area contributed by atoms with Crippen molar-refractivity contribution in [3.63, 3.8) is 0 Å². The van der Waals surface area contributed by atoms with Crippen molar-refractivity contribution in [2.24, 2.45) is 0 Å². The minimum Gasteiger partial charge on any atom is -0.480 e. The van der Waals surface area contributed by atoms with E-state index in [0.29, 0.717) is 13.2 Å². The topological polar surface area (TPSA) is 78.9 Å². The first-order chi connectivity index (χ1) is 10.0. The number of methoxy groups -OCH3 is 1. The lowest BCUT2D eigenvalue weighted by molar-refractivity contribution is -0.138. The number of nitrogens with zero attached hydrogens (tertiary/aromatic N) is 1. The molecule has 1 aromatic rings. The summed E-state index contributed by atoms with van der Waals surface area (Å²) in [6.07, 6.45) is 0. The number of aliphatic carboxylic acids is 1. The van der Waals surface area contributed by atoms with Crippen LogP contribution in [0.3, 0.4) is 0 Å². The molecule has 0 aromatic heterocycles. The Bertz CT molecular complexity index is 450. The van der Waals surface area contributed by atoms with Gasteiger partial charge in [0.05, 0.1) is 13.2 Å². The number of carbonyl (C=O) groups excluding carboxylic acids is 1. The second kappa shape index (κ2) is 9.10. The summed E-state index contributed by atoms with van der Waals surface area (Å²) in [5.74, 6) is -1.36. The fourth-order valence-electron chi connectivity index (χ4n) is 1.98. The van der Waals surface area contributed by atoms with Crippen molar-refractivity contribution in [3.05, 3.63) is 35.9 Å². The molecule has 0 spiro atoms. The van der Waals surface area contributed by atoms with Crippen molar-refractivity contribution in [2.45, 2.75) is 13.0 Å². The molecule has 1 aromatic carbocycles. The van der Waals surface area contributed by atoms with Crippen molar-refractivity contribution in [1.29, 1.82) is 0 Å². The smallest absolute Gasteiger partial charge is 0.322 e. The maximum absolute atomic E-state index is 11.8. The Morgan fingerprint density at radius 3 is 2.57 bits per heavy atom. The lowest BCUT2D eigenvalue weighted by Gasteiger charge is -2.28. The van der Waals surface area contributed by atoms with Crippen LogP contribution in [-0.2, 0) is 14.3 Å². The zero-order chi connectivity index (χ0) is 15.7. The monoisotopic (exact) mass is 294 g/mol. The van der Waals surface area contributed by atoms with Gasteiger partial charge in [0.1, 0.15) is 6.54 Å². The molecule has 0 saturated heterocycles. The van der Waals surface area contributed by atoms with Crippen molar-refractivity contribution in [3.8, 4) is 0 Å². The molecule has 0 aliphatic rings. The number of carboxylic acids is 1. The largest absolute Gasteiger partial charge is 0.480 e. The first kappa shape index (κ1) is 17.1. The molecular weight excluding hydrogens is 272 g/mol. The van der Waals surface area contributed by atoms with E-state index in [4.69, 9.17) is 9.84 Å². The van der Waals surface area contributed by atoms with Crippen molar-refractivity contribution < 1.29 is 19.4 Å². The van der Waals surface area contributed by atoms with E-state index in [1.165, 1.54) is 0 Å². The number of hydrogen-bond acceptors (Lipinski definition) is 4. The zero-order valence-corrected chi connectivity index (χ0v) is 12.4. The molecule has 0 aliphatic heterocycles. The summed E-state index contributed by atoms with van der Waals surface area (Å²) in [6.45, 7) is 2.87. The van der Waals surface area contributed by atoms with E-state index in [-0.39, 0.29) is 25.0 Å². The van der Waals surface area contributed by atoms with Crippen LogP contribution in [0.5, 0.6) is 0 Å². The van der Waals surface area contributed by atoms with Crippen molar-refractivity contribution in [1.82, 2.24) is 10.2 Å². The van der Waals surface area contributed by atoms with Gasteiger partial charge in [-0.2, -0.15) is 0 Å². The normalized spacial score (nSPS) is 12.1. The van der Waals surface area contributed by atoms with E-state index in [1.54, 1.807) is 7.11 Å². The van der Waals surface area contributed by atoms with Crippen LogP contribution in [-0.4, -0.2) is 55.2 Å². The Morgan fingerprint density at radius 1 is 1.33 bits per heavy atom. The average molecular weight is 294 g/mol. The van der Waals surface area contributed by atoms with E-state index in [9.17, 15) is 9.59 Å². The van der Waals surface area contributed by atoms with Gasteiger partial charge in [-0.1, -0.05) is 30.3 Å². The van der Waals surface area contributed by atoms with E-state index in [1.807, 2.05) is 42.2 Å². The number of carboxylic acid groups (broad SMARTS) is 1. The van der Waals surface area contributed by atoms with Gasteiger partial charge in [0.15, 0.2) is 0 Å². The summed E-state index contributed by atoms with van der Waals surface area (Å²) < 4.78 is 5.07. The minimum absolute atomic E-state index is 0.0388. The molecular formula is C15H22N2O4. The molecule has 0 bridgehead atoms. The van der Waals surface area contributed by atoms with Gasteiger partial charge in [-0.15, -0.1) is 0 Å². The molecule has 0 radical (unpaired) electrons. The van der Waals surface area contributed by atoms with Crippen molar-refractivity contribution in [2.75, 3.05) is 33.4 Å². The van der Waals surface area contributed by atoms with Crippen LogP contribution in [0, 0.1) is 0 Å². The Labute approximate surface area is 124 Å². The summed E-state index contributed by atoms with van der Waals surface area (Å²) in [5, 5.41) is 11.0. The van der Waals surface area contributed by atoms with Gasteiger partial charge in [-0.25, -0.2) is 0 Å². The first-order valence-electron chi connectivity index (χ1n) is 6.81. The minimum atomic E-state index is -1.05. The lowest BCUT2D eigenvalue weighted by atomic mass is 10.1. The van der Waals surface area contributed by atoms with Crippen LogP contribution in [0.15, 0.2) is 30.3 Å². The van der Waals surface area contributed by atoms with Crippen LogP contribution in [0.4, 0.5) is 0 Å². The number of hydrogen-bond donors (Lipinski definition) is 2. The molecule has 2 N–H and O–H groups in total. The maximum Gasteiger partial charge on any atom is 0.322 e. The predicted octanol–water partition coefficient (Wildman–Crippen LogP) is 0.897. The number of amides is 1. The Balaban J connectivity index is 2.66. The summed E-state index contributed by atoms with van der Waals surface area (Å²) in [6, 6.07) is 9.88. The fourth-order valence-corrected chi connectivity index (χ4v) is 1.98. The van der Waals surface area contributed by atoms with Crippen molar-refractivity contribution >= 4 is 11.9 Å². The lowest BCUT2D eigenvalue weighted by Crippen LogP contribution is -2.41. The number of carbonyl (C=O) groups is 2. The highest BCUT2D eigenvalue weighted by molar-refractivity contribution is 5.82. The maximum atomic E-state index is 11.8. The van der Waals surface area contributed by atoms with Gasteiger partial charge in [-0.3, -0.25) is 14.5 Å². The van der Waals surface area contributed by atoms with Gasteiger partial charge in [0, 0.05) is 19.7 Å². The summed E-state index contributed by atoms with van der Waals surface area (Å²) >= 11 is 0. The highest BCUT2D eigenvalue weighted by atomic mass is 16.5. The third-order valence-corrected chi connectivity index (χ3v) is 3.20. The van der Waals surface area contributed by atoms with Gasteiger partial charge in [0.2, 0.25) is 5.91 Å². The molecule has 0 fully saturated rings. The van der Waals surface area contributed by atoms with Gasteiger partial charge in [0.25, 0.3) is 0 Å². The van der Waals surface area contributed by atoms with E-state index in [2.05, 4.69) is 5.32 Å². The van der Waals surface area contributed by atoms with E-state index >= 15 is 0 Å². The quantitative estimate of drug-likeness (QED) is 0.707. The molecule has 0 saturated carbocycles. The molecule has 1 rings (SSSR count). The number of rotatable bonds is 9. The Morgan fingerprint density at radius 2 is 2.00 bits per heavy atom. The second-order valence-electron chi connectivity index (χ2n) is 4.72. The number of nitrogens with one attached hydrogen (secondary N) is 1. The third-order valence-electron chi connectivity index (χ3n) is 3.20. The first-order valence-corrected chi connectivity index (χ1v) is 6.81. The molecule has 0 heterocycles. The highest BCUT2D eigenvalue weighted by Crippen LogP contribution is 2.19. The summed E-state index contributed by atoms with van der Waals surface area (Å²) in [4.78, 5) is 24.2. The van der Waals surface area contributed by atoms with Crippen LogP contribution in [0.1, 0.15) is 18.5 Å². The van der Waals surface area contributed by atoms with Gasteiger partial charge in [-0.05, 0) is 12.5 Å². The Kier molecular flexibility index (Phi) is 7.42. The van der Waals surface area contributed by atoms with E-state index in [0.717, 1.165) is 5.56 Å². The fraction of sp³-hybridized carbons (Fsp3) is 0.467. The van der Waals surface area contributed by atoms with Gasteiger partial charge >= 0.3 is 5.97 Å². The number of benzene rings is 1. The zero-order valence-electron chi connectivity index (χ0n) is 12.4. The summed E-state index contributed by atoms with van der Waals surface area (Å²) in [5.41, 5.74) is 1.10. The molecule has 21 heavy (non-hydrogen) atoms. The molecule has 116 valence electrons. The predicted molar refractivity (Wildman–Crippen MR) is 79.0 cm³/mol. The van der Waals surface area contributed by atoms with Crippen LogP contribution in [0.25, 0.3) is 0 Å². The van der Waals surface area contributed by atoms with Crippen LogP contribution < -0.4 is 5.32 Å². The SMILES string of the molecule is COCCN(CC(=O)NCC(=O)O)C(C)c1ccccc1.